The first kappa shape index (κ1) is 24.6. The third-order valence-electron chi connectivity index (χ3n) is 6.31. The van der Waals surface area contributed by atoms with Gasteiger partial charge in [-0.05, 0) is 91.0 Å². The molecular weight excluding hydrogens is 449 g/mol. The van der Waals surface area contributed by atoms with E-state index in [0.29, 0.717) is 29.7 Å². The van der Waals surface area contributed by atoms with Gasteiger partial charge < -0.3 is 20.3 Å². The number of piperidine rings is 1. The Bertz CT molecular complexity index is 1120. The molecule has 2 aromatic carbocycles. The van der Waals surface area contributed by atoms with E-state index >= 15 is 0 Å². The predicted octanol–water partition coefficient (Wildman–Crippen LogP) is 3.49. The molecule has 186 valence electrons. The van der Waals surface area contributed by atoms with Crippen molar-refractivity contribution >= 4 is 11.7 Å². The molecule has 1 atom stereocenters. The number of tetrazole rings is 1. The van der Waals surface area contributed by atoms with Crippen molar-refractivity contribution in [2.75, 3.05) is 38.6 Å². The summed E-state index contributed by atoms with van der Waals surface area (Å²) >= 11 is 0. The summed E-state index contributed by atoms with van der Waals surface area (Å²) in [4.78, 5) is 14.9. The van der Waals surface area contributed by atoms with Gasteiger partial charge in [0.2, 0.25) is 0 Å². The molecule has 0 unspecified atom stereocenters. The van der Waals surface area contributed by atoms with Crippen LogP contribution in [0.2, 0.25) is 0 Å². The highest BCUT2D eigenvalue weighted by Crippen LogP contribution is 2.29. The minimum absolute atomic E-state index is 0.189. The molecule has 2 heterocycles. The first-order valence-electron chi connectivity index (χ1n) is 11.9. The lowest BCUT2D eigenvalue weighted by Crippen LogP contribution is -2.38. The average Bonchev–Trinajstić information content (AvgIpc) is 3.29. The largest absolute Gasteiger partial charge is 0.495 e. The van der Waals surface area contributed by atoms with Crippen LogP contribution in [0, 0.1) is 11.7 Å². The maximum Gasteiger partial charge on any atom is 0.319 e. The summed E-state index contributed by atoms with van der Waals surface area (Å²) in [5.74, 6) is 1.53. The Morgan fingerprint density at radius 1 is 1.23 bits per heavy atom. The van der Waals surface area contributed by atoms with Crippen LogP contribution < -0.4 is 15.4 Å². The van der Waals surface area contributed by atoms with Gasteiger partial charge in [-0.25, -0.2) is 13.9 Å². The van der Waals surface area contributed by atoms with Crippen molar-refractivity contribution in [3.05, 3.63) is 53.8 Å². The Labute approximate surface area is 204 Å². The molecule has 3 aromatic rings. The number of anilines is 1. The van der Waals surface area contributed by atoms with Crippen molar-refractivity contribution in [3.8, 4) is 17.1 Å². The maximum absolute atomic E-state index is 13.1. The summed E-state index contributed by atoms with van der Waals surface area (Å²) in [6.45, 7) is 3.63. The van der Waals surface area contributed by atoms with Crippen LogP contribution in [0.1, 0.15) is 24.8 Å². The molecule has 0 radical (unpaired) electrons. The summed E-state index contributed by atoms with van der Waals surface area (Å²) in [6.07, 6.45) is 4.21. The summed E-state index contributed by atoms with van der Waals surface area (Å²) in [5, 5.41) is 17.3. The zero-order chi connectivity index (χ0) is 24.6. The summed E-state index contributed by atoms with van der Waals surface area (Å²) in [6, 6.07) is 12.0. The highest BCUT2D eigenvalue weighted by atomic mass is 19.1. The number of amides is 2. The van der Waals surface area contributed by atoms with Crippen molar-refractivity contribution in [1.82, 2.24) is 30.4 Å². The SMILES string of the molecule is COc1cc(-c2nnnn2C)ccc1NC(=O)NCCCN1CCC[C@@H](Cc2ccc(F)cc2)C1. The molecular formula is C25H32FN7O2. The molecule has 1 aliphatic heterocycles. The zero-order valence-corrected chi connectivity index (χ0v) is 20.2. The number of aromatic nitrogens is 4. The van der Waals surface area contributed by atoms with Gasteiger partial charge in [-0.15, -0.1) is 5.10 Å². The van der Waals surface area contributed by atoms with Crippen molar-refractivity contribution < 1.29 is 13.9 Å². The van der Waals surface area contributed by atoms with Crippen LogP contribution in [-0.2, 0) is 13.5 Å². The monoisotopic (exact) mass is 481 g/mol. The van der Waals surface area contributed by atoms with Crippen LogP contribution in [0.5, 0.6) is 5.75 Å². The van der Waals surface area contributed by atoms with E-state index in [1.807, 2.05) is 18.2 Å². The van der Waals surface area contributed by atoms with Gasteiger partial charge in [-0.1, -0.05) is 12.1 Å². The topological polar surface area (TPSA) is 97.2 Å². The number of urea groups is 1. The number of likely N-dealkylation sites (tertiary alicyclic amines) is 1. The second-order valence-corrected chi connectivity index (χ2v) is 8.92. The lowest BCUT2D eigenvalue weighted by atomic mass is 9.91. The Hall–Kier alpha value is -3.53. The fraction of sp³-hybridized carbons (Fsp3) is 0.440. The molecule has 1 saturated heterocycles. The number of nitrogens with one attached hydrogen (secondary N) is 2. The number of aryl methyl sites for hydroxylation is 1. The quantitative estimate of drug-likeness (QED) is 0.454. The number of ether oxygens (including phenoxy) is 1. The minimum atomic E-state index is -0.274. The lowest BCUT2D eigenvalue weighted by molar-refractivity contribution is 0.172. The predicted molar refractivity (Wildman–Crippen MR) is 132 cm³/mol. The van der Waals surface area contributed by atoms with Crippen molar-refractivity contribution in [1.29, 1.82) is 0 Å². The molecule has 1 aliphatic rings. The van der Waals surface area contributed by atoms with Gasteiger partial charge in [0.05, 0.1) is 12.8 Å². The highest BCUT2D eigenvalue weighted by molar-refractivity contribution is 5.91. The number of carbonyl (C=O) groups is 1. The molecule has 4 rings (SSSR count). The molecule has 9 nitrogen and oxygen atoms in total. The molecule has 10 heteroatoms. The molecule has 1 fully saturated rings. The van der Waals surface area contributed by atoms with E-state index in [9.17, 15) is 9.18 Å². The first-order valence-corrected chi connectivity index (χ1v) is 11.9. The van der Waals surface area contributed by atoms with Gasteiger partial charge in [0.25, 0.3) is 0 Å². The van der Waals surface area contributed by atoms with Gasteiger partial charge in [0.1, 0.15) is 11.6 Å². The summed E-state index contributed by atoms with van der Waals surface area (Å²) in [5.41, 5.74) is 2.55. The molecule has 2 N–H and O–H groups in total. The number of methoxy groups -OCH3 is 1. The van der Waals surface area contributed by atoms with Crippen LogP contribution in [0.25, 0.3) is 11.4 Å². The van der Waals surface area contributed by atoms with E-state index in [0.717, 1.165) is 38.0 Å². The smallest absolute Gasteiger partial charge is 0.319 e. The molecule has 0 bridgehead atoms. The van der Waals surface area contributed by atoms with Crippen molar-refractivity contribution in [3.63, 3.8) is 0 Å². The lowest BCUT2D eigenvalue weighted by Gasteiger charge is -2.32. The van der Waals surface area contributed by atoms with Crippen LogP contribution in [-0.4, -0.2) is 64.4 Å². The number of halogens is 1. The van der Waals surface area contributed by atoms with Crippen LogP contribution in [0.3, 0.4) is 0 Å². The Kier molecular flexibility index (Phi) is 8.25. The fourth-order valence-corrected chi connectivity index (χ4v) is 4.55. The van der Waals surface area contributed by atoms with Crippen molar-refractivity contribution in [2.24, 2.45) is 13.0 Å². The van der Waals surface area contributed by atoms with Crippen LogP contribution >= 0.6 is 0 Å². The van der Waals surface area contributed by atoms with Crippen molar-refractivity contribution in [2.45, 2.75) is 25.7 Å². The number of hydrogen-bond donors (Lipinski definition) is 2. The van der Waals surface area contributed by atoms with Gasteiger partial charge in [0, 0.05) is 25.7 Å². The highest BCUT2D eigenvalue weighted by Gasteiger charge is 2.20. The summed E-state index contributed by atoms with van der Waals surface area (Å²) < 4.78 is 20.2. The molecule has 0 spiro atoms. The van der Waals surface area contributed by atoms with Gasteiger partial charge in [0.15, 0.2) is 5.82 Å². The molecule has 35 heavy (non-hydrogen) atoms. The minimum Gasteiger partial charge on any atom is -0.495 e. The third-order valence-corrected chi connectivity index (χ3v) is 6.31. The standard InChI is InChI=1S/C25H32FN7O2/c1-32-24(29-30-31-32)20-8-11-22(23(16-20)35-2)28-25(34)27-12-4-14-33-13-3-5-19(17-33)15-18-6-9-21(26)10-7-18/h6-11,16,19H,3-5,12-15,17H2,1-2H3,(H2,27,28,34)/t19-/m0/s1. The second kappa shape index (κ2) is 11.7. The Balaban J connectivity index is 1.20. The van der Waals surface area contributed by atoms with E-state index < -0.39 is 0 Å². The van der Waals surface area contributed by atoms with E-state index in [4.69, 9.17) is 4.74 Å². The number of nitrogens with zero attached hydrogens (tertiary/aromatic N) is 5. The second-order valence-electron chi connectivity index (χ2n) is 8.92. The number of hydrogen-bond acceptors (Lipinski definition) is 6. The molecule has 0 saturated carbocycles. The van der Waals surface area contributed by atoms with Gasteiger partial charge in [-0.2, -0.15) is 0 Å². The number of rotatable bonds is 9. The third kappa shape index (κ3) is 6.75. The fourth-order valence-electron chi connectivity index (χ4n) is 4.55. The first-order chi connectivity index (χ1) is 17.0. The Morgan fingerprint density at radius 2 is 2.06 bits per heavy atom. The molecule has 0 aliphatic carbocycles. The maximum atomic E-state index is 13.1. The number of carbonyl (C=O) groups excluding carboxylic acids is 1. The zero-order valence-electron chi connectivity index (χ0n) is 20.2. The normalized spacial score (nSPS) is 16.1. The van der Waals surface area contributed by atoms with Gasteiger partial charge >= 0.3 is 6.03 Å². The van der Waals surface area contributed by atoms with Crippen LogP contribution in [0.15, 0.2) is 42.5 Å². The average molecular weight is 482 g/mol. The van der Waals surface area contributed by atoms with Gasteiger partial charge in [-0.3, -0.25) is 0 Å². The number of benzene rings is 2. The van der Waals surface area contributed by atoms with E-state index in [1.54, 1.807) is 31.0 Å². The summed E-state index contributed by atoms with van der Waals surface area (Å²) in [7, 11) is 3.32. The molecule has 1 aromatic heterocycles. The Morgan fingerprint density at radius 3 is 2.80 bits per heavy atom. The van der Waals surface area contributed by atoms with E-state index in [-0.39, 0.29) is 11.8 Å². The van der Waals surface area contributed by atoms with E-state index in [2.05, 4.69) is 31.1 Å². The van der Waals surface area contributed by atoms with E-state index in [1.165, 1.54) is 30.5 Å². The molecule has 2 amide bonds. The van der Waals surface area contributed by atoms with Crippen LogP contribution in [0.4, 0.5) is 14.9 Å².